The number of nitrogens with zero attached hydrogens (tertiary/aromatic N) is 4. The molecule has 0 aliphatic carbocycles. The lowest BCUT2D eigenvalue weighted by molar-refractivity contribution is 0.270. The molecule has 0 radical (unpaired) electrons. The van der Waals surface area contributed by atoms with Crippen LogP contribution in [0.3, 0.4) is 0 Å². The summed E-state index contributed by atoms with van der Waals surface area (Å²) in [5, 5.41) is 3.25. The number of hydrogen-bond acceptors (Lipinski definition) is 7. The molecule has 3 N–H and O–H groups in total. The molecule has 0 amide bonds. The minimum Gasteiger partial charge on any atom is -0.497 e. The van der Waals surface area contributed by atoms with Crippen molar-refractivity contribution in [2.45, 2.75) is 6.92 Å². The number of nitrogens with two attached hydrogens (primary N) is 1. The van der Waals surface area contributed by atoms with Gasteiger partial charge in [-0.15, -0.1) is 0 Å². The fraction of sp³-hybridized carbons (Fsp3) is 0.412. The zero-order valence-electron chi connectivity index (χ0n) is 14.2. The molecule has 2 aromatic rings. The van der Waals surface area contributed by atoms with E-state index in [1.54, 1.807) is 13.4 Å². The third-order valence-corrected chi connectivity index (χ3v) is 4.33. The number of piperazine rings is 1. The number of likely N-dealkylation sites (N-methyl/N-ethyl adjacent to an activating group) is 1. The van der Waals surface area contributed by atoms with Crippen molar-refractivity contribution in [3.63, 3.8) is 0 Å². The monoisotopic (exact) mass is 328 g/mol. The lowest BCUT2D eigenvalue weighted by Gasteiger charge is -2.35. The van der Waals surface area contributed by atoms with Gasteiger partial charge in [-0.1, -0.05) is 6.92 Å². The Morgan fingerprint density at radius 1 is 1.12 bits per heavy atom. The zero-order valence-corrected chi connectivity index (χ0v) is 14.2. The highest BCUT2D eigenvalue weighted by molar-refractivity contribution is 5.78. The van der Waals surface area contributed by atoms with Gasteiger partial charge in [-0.05, 0) is 30.8 Å². The molecule has 24 heavy (non-hydrogen) atoms. The van der Waals surface area contributed by atoms with E-state index in [4.69, 9.17) is 10.5 Å². The Labute approximate surface area is 142 Å². The Hall–Kier alpha value is -2.54. The van der Waals surface area contributed by atoms with E-state index >= 15 is 0 Å². The molecule has 1 aliphatic heterocycles. The second-order valence-corrected chi connectivity index (χ2v) is 5.73. The number of ether oxygens (including phenoxy) is 1. The predicted molar refractivity (Wildman–Crippen MR) is 97.0 cm³/mol. The lowest BCUT2D eigenvalue weighted by Crippen LogP contribution is -2.46. The van der Waals surface area contributed by atoms with Gasteiger partial charge >= 0.3 is 0 Å². The first-order valence-corrected chi connectivity index (χ1v) is 8.20. The highest BCUT2D eigenvalue weighted by Crippen LogP contribution is 2.29. The van der Waals surface area contributed by atoms with Crippen molar-refractivity contribution in [1.29, 1.82) is 0 Å². The second kappa shape index (κ2) is 7.35. The molecule has 1 saturated heterocycles. The summed E-state index contributed by atoms with van der Waals surface area (Å²) < 4.78 is 5.17. The summed E-state index contributed by atoms with van der Waals surface area (Å²) in [5.41, 5.74) is 7.81. The molecule has 0 saturated carbocycles. The van der Waals surface area contributed by atoms with Crippen molar-refractivity contribution in [3.05, 3.63) is 30.6 Å². The van der Waals surface area contributed by atoms with Crippen molar-refractivity contribution in [1.82, 2.24) is 14.9 Å². The second-order valence-electron chi connectivity index (χ2n) is 5.73. The van der Waals surface area contributed by atoms with E-state index in [9.17, 15) is 0 Å². The van der Waals surface area contributed by atoms with Gasteiger partial charge in [-0.3, -0.25) is 0 Å². The van der Waals surface area contributed by atoms with Crippen LogP contribution in [0.4, 0.5) is 23.0 Å². The van der Waals surface area contributed by atoms with Crippen LogP contribution in [0.5, 0.6) is 5.75 Å². The predicted octanol–water partition coefficient (Wildman–Crippen LogP) is 1.95. The van der Waals surface area contributed by atoms with Gasteiger partial charge in [0.05, 0.1) is 7.11 Å². The quantitative estimate of drug-likeness (QED) is 0.868. The maximum absolute atomic E-state index is 6.32. The lowest BCUT2D eigenvalue weighted by atomic mass is 10.2. The van der Waals surface area contributed by atoms with Crippen LogP contribution in [-0.4, -0.2) is 54.7 Å². The van der Waals surface area contributed by atoms with Crippen LogP contribution in [0.1, 0.15) is 6.92 Å². The van der Waals surface area contributed by atoms with E-state index in [2.05, 4.69) is 32.0 Å². The van der Waals surface area contributed by atoms with Gasteiger partial charge in [-0.25, -0.2) is 9.97 Å². The van der Waals surface area contributed by atoms with Crippen LogP contribution < -0.4 is 20.7 Å². The molecular weight excluding hydrogens is 304 g/mol. The molecular formula is C17H24N6O. The van der Waals surface area contributed by atoms with Crippen LogP contribution >= 0.6 is 0 Å². The van der Waals surface area contributed by atoms with E-state index in [0.29, 0.717) is 11.5 Å². The van der Waals surface area contributed by atoms with Gasteiger partial charge in [0.2, 0.25) is 0 Å². The smallest absolute Gasteiger partial charge is 0.159 e. The van der Waals surface area contributed by atoms with E-state index in [0.717, 1.165) is 50.0 Å². The SMILES string of the molecule is CCN1CCN(c2ncnc(Nc3ccc(OC)cc3)c2N)CC1. The standard InChI is InChI=1S/C17H24N6O/c1-3-22-8-10-23(11-9-22)17-15(18)16(19-12-20-17)21-13-4-6-14(24-2)7-5-13/h4-7,12H,3,8-11,18H2,1-2H3,(H,19,20,21). The first-order valence-electron chi connectivity index (χ1n) is 8.20. The topological polar surface area (TPSA) is 79.5 Å². The molecule has 2 heterocycles. The Morgan fingerprint density at radius 2 is 1.83 bits per heavy atom. The van der Waals surface area contributed by atoms with Gasteiger partial charge in [-0.2, -0.15) is 0 Å². The Morgan fingerprint density at radius 3 is 2.46 bits per heavy atom. The number of hydrogen-bond donors (Lipinski definition) is 2. The highest BCUT2D eigenvalue weighted by Gasteiger charge is 2.20. The molecule has 1 fully saturated rings. The molecule has 7 nitrogen and oxygen atoms in total. The highest BCUT2D eigenvalue weighted by atomic mass is 16.5. The summed E-state index contributed by atoms with van der Waals surface area (Å²) >= 11 is 0. The molecule has 1 aromatic heterocycles. The molecule has 0 spiro atoms. The molecule has 1 aromatic carbocycles. The fourth-order valence-corrected chi connectivity index (χ4v) is 2.82. The first-order chi connectivity index (χ1) is 11.7. The maximum Gasteiger partial charge on any atom is 0.159 e. The fourth-order valence-electron chi connectivity index (χ4n) is 2.82. The Balaban J connectivity index is 1.75. The summed E-state index contributed by atoms with van der Waals surface area (Å²) in [7, 11) is 1.65. The number of anilines is 4. The molecule has 0 bridgehead atoms. The van der Waals surface area contributed by atoms with Crippen LogP contribution in [0.25, 0.3) is 0 Å². The Kier molecular flexibility index (Phi) is 5.00. The van der Waals surface area contributed by atoms with Gasteiger partial charge in [0.15, 0.2) is 11.6 Å². The summed E-state index contributed by atoms with van der Waals surface area (Å²) in [6.45, 7) is 7.18. The number of aromatic nitrogens is 2. The van der Waals surface area contributed by atoms with E-state index in [1.807, 2.05) is 24.3 Å². The van der Waals surface area contributed by atoms with Crippen molar-refractivity contribution in [3.8, 4) is 5.75 Å². The molecule has 128 valence electrons. The van der Waals surface area contributed by atoms with Gasteiger partial charge in [0.1, 0.15) is 17.8 Å². The van der Waals surface area contributed by atoms with Gasteiger partial charge < -0.3 is 25.6 Å². The summed E-state index contributed by atoms with van der Waals surface area (Å²) in [6.07, 6.45) is 1.56. The molecule has 0 unspecified atom stereocenters. The average Bonchev–Trinajstić information content (AvgIpc) is 2.64. The average molecular weight is 328 g/mol. The number of nitrogens with one attached hydrogen (secondary N) is 1. The minimum atomic E-state index is 0.582. The number of methoxy groups -OCH3 is 1. The van der Waals surface area contributed by atoms with E-state index in [1.165, 1.54) is 0 Å². The van der Waals surface area contributed by atoms with Crippen molar-refractivity contribution in [2.24, 2.45) is 0 Å². The molecule has 0 atom stereocenters. The minimum absolute atomic E-state index is 0.582. The first kappa shape index (κ1) is 16.3. The van der Waals surface area contributed by atoms with Crippen LogP contribution in [0, 0.1) is 0 Å². The molecule has 1 aliphatic rings. The zero-order chi connectivity index (χ0) is 16.9. The maximum atomic E-state index is 6.32. The number of benzene rings is 1. The third-order valence-electron chi connectivity index (χ3n) is 4.33. The summed E-state index contributed by atoms with van der Waals surface area (Å²) in [5.74, 6) is 2.24. The van der Waals surface area contributed by atoms with Crippen LogP contribution in [-0.2, 0) is 0 Å². The van der Waals surface area contributed by atoms with Gasteiger partial charge in [0, 0.05) is 31.9 Å². The number of rotatable bonds is 5. The summed E-state index contributed by atoms with van der Waals surface area (Å²) in [4.78, 5) is 13.3. The van der Waals surface area contributed by atoms with Crippen molar-refractivity contribution < 1.29 is 4.74 Å². The normalized spacial score (nSPS) is 15.3. The van der Waals surface area contributed by atoms with Crippen LogP contribution in [0.2, 0.25) is 0 Å². The van der Waals surface area contributed by atoms with Crippen LogP contribution in [0.15, 0.2) is 30.6 Å². The summed E-state index contributed by atoms with van der Waals surface area (Å²) in [6, 6.07) is 7.65. The van der Waals surface area contributed by atoms with Gasteiger partial charge in [0.25, 0.3) is 0 Å². The van der Waals surface area contributed by atoms with E-state index < -0.39 is 0 Å². The van der Waals surface area contributed by atoms with Crippen molar-refractivity contribution >= 4 is 23.0 Å². The van der Waals surface area contributed by atoms with Crippen molar-refractivity contribution in [2.75, 3.05) is 55.8 Å². The number of nitrogen functional groups attached to an aromatic ring is 1. The van der Waals surface area contributed by atoms with E-state index in [-0.39, 0.29) is 0 Å². The molecule has 7 heteroatoms. The Bertz CT molecular complexity index is 667. The molecule has 3 rings (SSSR count). The third kappa shape index (κ3) is 3.51. The largest absolute Gasteiger partial charge is 0.497 e.